The lowest BCUT2D eigenvalue weighted by Crippen LogP contribution is -2.14. The molecule has 2 heteroatoms. The maximum Gasteiger partial charge on any atom is 0.0951 e. The lowest BCUT2D eigenvalue weighted by Gasteiger charge is -2.22. The van der Waals surface area contributed by atoms with Crippen molar-refractivity contribution in [3.63, 3.8) is 0 Å². The summed E-state index contributed by atoms with van der Waals surface area (Å²) >= 11 is 0. The summed E-state index contributed by atoms with van der Waals surface area (Å²) in [5.74, 6) is 0. The van der Waals surface area contributed by atoms with Gasteiger partial charge in [0.15, 0.2) is 0 Å². The van der Waals surface area contributed by atoms with E-state index in [1.165, 1.54) is 44.3 Å². The first kappa shape index (κ1) is 21.4. The predicted molar refractivity (Wildman–Crippen MR) is 159 cm³/mol. The Morgan fingerprint density at radius 1 is 0.526 bits per heavy atom. The predicted octanol–water partition coefficient (Wildman–Crippen LogP) is 9.28. The van der Waals surface area contributed by atoms with Gasteiger partial charge in [-0.1, -0.05) is 98.8 Å². The van der Waals surface area contributed by atoms with Crippen LogP contribution in [0.3, 0.4) is 0 Å². The molecule has 1 aliphatic rings. The fraction of sp³-hybridized carbons (Fsp3) is 0.0833. The molecule has 5 aromatic carbocycles. The Bertz CT molecular complexity index is 2060. The SMILES string of the molecule is CC1(C)c2ccccc2-c2ccc(-c3cccc(-c4nc5ccccc5n5c4cc4ccccc45)c3)cc21. The highest BCUT2D eigenvalue weighted by Crippen LogP contribution is 2.49. The first-order valence-electron chi connectivity index (χ1n) is 13.2. The van der Waals surface area contributed by atoms with E-state index in [-0.39, 0.29) is 5.41 Å². The molecule has 0 fully saturated rings. The van der Waals surface area contributed by atoms with Gasteiger partial charge in [-0.25, -0.2) is 4.98 Å². The summed E-state index contributed by atoms with van der Waals surface area (Å²) in [6.45, 7) is 4.68. The van der Waals surface area contributed by atoms with Gasteiger partial charge in [0.1, 0.15) is 0 Å². The van der Waals surface area contributed by atoms with Crippen LogP contribution in [0.2, 0.25) is 0 Å². The monoisotopic (exact) mass is 486 g/mol. The van der Waals surface area contributed by atoms with E-state index in [0.717, 1.165) is 27.8 Å². The quantitative estimate of drug-likeness (QED) is 0.238. The Balaban J connectivity index is 1.33. The van der Waals surface area contributed by atoms with E-state index in [0.29, 0.717) is 0 Å². The molecule has 1 aliphatic carbocycles. The summed E-state index contributed by atoms with van der Waals surface area (Å²) in [4.78, 5) is 5.19. The molecule has 0 spiro atoms. The molecule has 2 aromatic heterocycles. The highest BCUT2D eigenvalue weighted by Gasteiger charge is 2.35. The third-order valence-corrected chi connectivity index (χ3v) is 8.36. The Labute approximate surface area is 221 Å². The Hall–Kier alpha value is -4.69. The van der Waals surface area contributed by atoms with Gasteiger partial charge in [-0.15, -0.1) is 0 Å². The van der Waals surface area contributed by atoms with Gasteiger partial charge in [-0.3, -0.25) is 0 Å². The molecule has 0 bridgehead atoms. The van der Waals surface area contributed by atoms with E-state index in [4.69, 9.17) is 4.98 Å². The average molecular weight is 487 g/mol. The number of benzene rings is 5. The fourth-order valence-electron chi connectivity index (χ4n) is 6.46. The van der Waals surface area contributed by atoms with Crippen LogP contribution in [-0.2, 0) is 5.41 Å². The van der Waals surface area contributed by atoms with Crippen LogP contribution < -0.4 is 0 Å². The van der Waals surface area contributed by atoms with E-state index in [1.807, 2.05) is 0 Å². The van der Waals surface area contributed by atoms with Crippen LogP contribution in [0.4, 0.5) is 0 Å². The zero-order chi connectivity index (χ0) is 25.4. The molecule has 180 valence electrons. The van der Waals surface area contributed by atoms with Crippen molar-refractivity contribution < 1.29 is 0 Å². The van der Waals surface area contributed by atoms with Gasteiger partial charge in [0.25, 0.3) is 0 Å². The Morgan fingerprint density at radius 2 is 1.24 bits per heavy atom. The smallest absolute Gasteiger partial charge is 0.0951 e. The van der Waals surface area contributed by atoms with Gasteiger partial charge in [0.2, 0.25) is 0 Å². The molecule has 0 saturated heterocycles. The maximum atomic E-state index is 5.19. The number of aromatic nitrogens is 2. The van der Waals surface area contributed by atoms with Crippen molar-refractivity contribution in [2.75, 3.05) is 0 Å². The van der Waals surface area contributed by atoms with E-state index in [9.17, 15) is 0 Å². The molecule has 38 heavy (non-hydrogen) atoms. The van der Waals surface area contributed by atoms with Crippen molar-refractivity contribution in [3.05, 3.63) is 132 Å². The van der Waals surface area contributed by atoms with Crippen molar-refractivity contribution in [1.82, 2.24) is 9.38 Å². The normalized spacial score (nSPS) is 13.7. The summed E-state index contributed by atoms with van der Waals surface area (Å²) in [6, 6.07) is 43.9. The van der Waals surface area contributed by atoms with Crippen LogP contribution in [0.5, 0.6) is 0 Å². The number of hydrogen-bond donors (Lipinski definition) is 0. The largest absolute Gasteiger partial charge is 0.306 e. The molecule has 8 rings (SSSR count). The minimum atomic E-state index is -0.0162. The molecule has 0 atom stereocenters. The molecule has 2 heterocycles. The topological polar surface area (TPSA) is 17.3 Å². The van der Waals surface area contributed by atoms with Crippen molar-refractivity contribution in [2.45, 2.75) is 19.3 Å². The van der Waals surface area contributed by atoms with Crippen LogP contribution >= 0.6 is 0 Å². The standard InChI is InChI=1S/C36H26N2/c1-36(2)29-14-5-4-13-27(29)28-19-18-24(21-30(28)36)23-11-9-12-26(20-23)35-34-22-25-10-3-7-16-32(25)38(34)33-17-8-6-15-31(33)37-35/h3-22H,1-2H3. The van der Waals surface area contributed by atoms with E-state index in [1.54, 1.807) is 0 Å². The molecule has 2 nitrogen and oxygen atoms in total. The molecule has 0 N–H and O–H groups in total. The summed E-state index contributed by atoms with van der Waals surface area (Å²) in [5.41, 5.74) is 14.5. The molecule has 7 aromatic rings. The second-order valence-corrected chi connectivity index (χ2v) is 10.9. The minimum Gasteiger partial charge on any atom is -0.306 e. The number of nitrogens with zero attached hydrogens (tertiary/aromatic N) is 2. The first-order valence-corrected chi connectivity index (χ1v) is 13.2. The van der Waals surface area contributed by atoms with Gasteiger partial charge in [0.05, 0.1) is 27.8 Å². The van der Waals surface area contributed by atoms with Crippen molar-refractivity contribution in [2.24, 2.45) is 0 Å². The summed E-state index contributed by atoms with van der Waals surface area (Å²) in [5, 5.41) is 1.23. The fourth-order valence-corrected chi connectivity index (χ4v) is 6.46. The lowest BCUT2D eigenvalue weighted by molar-refractivity contribution is 0.660. The van der Waals surface area contributed by atoms with E-state index >= 15 is 0 Å². The van der Waals surface area contributed by atoms with Crippen LogP contribution in [0, 0.1) is 0 Å². The maximum absolute atomic E-state index is 5.19. The van der Waals surface area contributed by atoms with Crippen molar-refractivity contribution >= 4 is 27.5 Å². The van der Waals surface area contributed by atoms with Gasteiger partial charge < -0.3 is 4.40 Å². The average Bonchev–Trinajstić information content (AvgIpc) is 3.46. The van der Waals surface area contributed by atoms with E-state index < -0.39 is 0 Å². The second-order valence-electron chi connectivity index (χ2n) is 10.9. The molecule has 0 aliphatic heterocycles. The van der Waals surface area contributed by atoms with Gasteiger partial charge in [-0.2, -0.15) is 0 Å². The molecule has 0 amide bonds. The van der Waals surface area contributed by atoms with E-state index in [2.05, 4.69) is 140 Å². The summed E-state index contributed by atoms with van der Waals surface area (Å²) in [7, 11) is 0. The molecular formula is C36H26N2. The number of rotatable bonds is 2. The third-order valence-electron chi connectivity index (χ3n) is 8.36. The minimum absolute atomic E-state index is 0.0162. The van der Waals surface area contributed by atoms with Gasteiger partial charge in [-0.05, 0) is 69.8 Å². The molecule has 0 unspecified atom stereocenters. The van der Waals surface area contributed by atoms with Crippen LogP contribution in [0.25, 0.3) is 61.0 Å². The first-order chi connectivity index (χ1) is 18.6. The zero-order valence-corrected chi connectivity index (χ0v) is 21.4. The van der Waals surface area contributed by atoms with Gasteiger partial charge in [0, 0.05) is 16.4 Å². The van der Waals surface area contributed by atoms with Crippen LogP contribution in [0.1, 0.15) is 25.0 Å². The highest BCUT2D eigenvalue weighted by molar-refractivity contribution is 5.99. The second kappa shape index (κ2) is 7.66. The van der Waals surface area contributed by atoms with Crippen LogP contribution in [-0.4, -0.2) is 9.38 Å². The van der Waals surface area contributed by atoms with Crippen molar-refractivity contribution in [3.8, 4) is 33.5 Å². The van der Waals surface area contributed by atoms with Crippen LogP contribution in [0.15, 0.2) is 121 Å². The number of hydrogen-bond acceptors (Lipinski definition) is 1. The molecular weight excluding hydrogens is 460 g/mol. The lowest BCUT2D eigenvalue weighted by atomic mass is 9.81. The summed E-state index contributed by atoms with van der Waals surface area (Å²) in [6.07, 6.45) is 0. The Morgan fingerprint density at radius 3 is 2.16 bits per heavy atom. The number of para-hydroxylation sites is 3. The summed E-state index contributed by atoms with van der Waals surface area (Å²) < 4.78 is 2.36. The van der Waals surface area contributed by atoms with Gasteiger partial charge >= 0.3 is 0 Å². The molecule has 0 radical (unpaired) electrons. The Kier molecular flexibility index (Phi) is 4.31. The number of fused-ring (bicyclic) bond motifs is 8. The molecule has 0 saturated carbocycles. The zero-order valence-electron chi connectivity index (χ0n) is 21.4. The highest BCUT2D eigenvalue weighted by atomic mass is 14.9. The third kappa shape index (κ3) is 2.92. The van der Waals surface area contributed by atoms with Crippen molar-refractivity contribution in [1.29, 1.82) is 0 Å².